The molecule has 3 aromatic heterocycles. The van der Waals surface area contributed by atoms with Crippen molar-refractivity contribution in [3.63, 3.8) is 0 Å². The van der Waals surface area contributed by atoms with E-state index in [0.717, 1.165) is 16.4 Å². The van der Waals surface area contributed by atoms with Crippen LogP contribution in [0.3, 0.4) is 0 Å². The minimum absolute atomic E-state index is 0.214. The Kier molecular flexibility index (Phi) is 4.97. The van der Waals surface area contributed by atoms with E-state index < -0.39 is 0 Å². The number of amides is 1. The van der Waals surface area contributed by atoms with E-state index in [4.69, 9.17) is 0 Å². The molecule has 0 aliphatic rings. The minimum Gasteiger partial charge on any atom is -0.338 e. The molecule has 9 nitrogen and oxygen atoms in total. The molecule has 3 N–H and O–H groups in total. The summed E-state index contributed by atoms with van der Waals surface area (Å²) in [7, 11) is 0. The number of fused-ring (bicyclic) bond motifs is 3. The normalized spacial score (nSPS) is 11.2. The van der Waals surface area contributed by atoms with Gasteiger partial charge in [-0.25, -0.2) is 9.67 Å². The molecule has 31 heavy (non-hydrogen) atoms. The van der Waals surface area contributed by atoms with Crippen molar-refractivity contribution in [2.75, 3.05) is 11.1 Å². The molecule has 0 radical (unpaired) electrons. The van der Waals surface area contributed by atoms with Crippen molar-refractivity contribution in [2.24, 2.45) is 0 Å². The summed E-state index contributed by atoms with van der Waals surface area (Å²) in [6.07, 6.45) is 0.233. The number of carbonyl (C=O) groups is 1. The molecule has 0 unspecified atom stereocenters. The summed E-state index contributed by atoms with van der Waals surface area (Å²) in [5.41, 5.74) is 2.80. The first-order valence-corrected chi connectivity index (χ1v) is 10.6. The van der Waals surface area contributed by atoms with Gasteiger partial charge in [0.15, 0.2) is 5.65 Å². The zero-order chi connectivity index (χ0) is 21.2. The predicted molar refractivity (Wildman–Crippen MR) is 120 cm³/mol. The van der Waals surface area contributed by atoms with Crippen LogP contribution in [0.15, 0.2) is 70.6 Å². The van der Waals surface area contributed by atoms with Gasteiger partial charge in [-0.3, -0.25) is 14.7 Å². The molecule has 0 aliphatic carbocycles. The lowest BCUT2D eigenvalue weighted by Gasteiger charge is -2.03. The van der Waals surface area contributed by atoms with Gasteiger partial charge in [-0.2, -0.15) is 0 Å². The van der Waals surface area contributed by atoms with Crippen LogP contribution in [0.25, 0.3) is 27.8 Å². The zero-order valence-electron chi connectivity index (χ0n) is 16.2. The Morgan fingerprint density at radius 1 is 1.06 bits per heavy atom. The monoisotopic (exact) mass is 431 g/mol. The van der Waals surface area contributed by atoms with E-state index in [-0.39, 0.29) is 17.9 Å². The van der Waals surface area contributed by atoms with Gasteiger partial charge in [0, 0.05) is 29.1 Å². The van der Waals surface area contributed by atoms with E-state index >= 15 is 0 Å². The Morgan fingerprint density at radius 3 is 2.74 bits per heavy atom. The molecule has 0 bridgehead atoms. The maximum atomic E-state index is 12.3. The van der Waals surface area contributed by atoms with E-state index in [9.17, 15) is 9.59 Å². The first-order chi connectivity index (χ1) is 15.2. The van der Waals surface area contributed by atoms with Gasteiger partial charge in [0.25, 0.3) is 5.56 Å². The number of hydrogen-bond acceptors (Lipinski definition) is 6. The van der Waals surface area contributed by atoms with E-state index in [0.29, 0.717) is 28.1 Å². The van der Waals surface area contributed by atoms with Crippen LogP contribution >= 0.6 is 11.8 Å². The number of thioether (sulfide) groups is 1. The maximum Gasteiger partial charge on any atom is 0.273 e. The predicted octanol–water partition coefficient (Wildman–Crippen LogP) is 3.11. The van der Waals surface area contributed by atoms with Crippen LogP contribution in [0.5, 0.6) is 0 Å². The standard InChI is InChI=1S/C21H17N7O2S/c29-17(23-16-12-18(30)28(27-16)13-6-2-1-3-7-13)10-11-31-21-24-20-19(25-26-21)14-8-4-5-9-15(14)22-20/h1-9,12,27H,10-11H2,(H,23,29)(H,22,24,26). The Labute approximate surface area is 179 Å². The fourth-order valence-electron chi connectivity index (χ4n) is 3.24. The SMILES string of the molecule is O=C(CCSc1nnc2c(n1)[nH]c1ccccc12)Nc1cc(=O)n(-c2ccccc2)[nH]1. The number of aromatic amines is 2. The second-order valence-electron chi connectivity index (χ2n) is 6.79. The third kappa shape index (κ3) is 3.92. The van der Waals surface area contributed by atoms with Gasteiger partial charge in [-0.15, -0.1) is 10.2 Å². The van der Waals surface area contributed by atoms with Crippen LogP contribution in [-0.2, 0) is 4.79 Å². The lowest BCUT2D eigenvalue weighted by molar-refractivity contribution is -0.115. The zero-order valence-corrected chi connectivity index (χ0v) is 17.0. The number of nitrogens with zero attached hydrogens (tertiary/aromatic N) is 4. The van der Waals surface area contributed by atoms with Crippen LogP contribution in [-0.4, -0.2) is 41.6 Å². The van der Waals surface area contributed by atoms with Gasteiger partial charge in [-0.05, 0) is 18.2 Å². The molecule has 2 aromatic carbocycles. The van der Waals surface area contributed by atoms with Crippen LogP contribution in [0.2, 0.25) is 0 Å². The van der Waals surface area contributed by atoms with Crippen molar-refractivity contribution in [1.29, 1.82) is 0 Å². The molecule has 5 rings (SSSR count). The van der Waals surface area contributed by atoms with Gasteiger partial charge in [0.05, 0.1) is 5.69 Å². The molecule has 0 saturated carbocycles. The molecule has 1 amide bonds. The summed E-state index contributed by atoms with van der Waals surface area (Å²) in [4.78, 5) is 32.1. The molecule has 0 saturated heterocycles. The summed E-state index contributed by atoms with van der Waals surface area (Å²) in [5, 5.41) is 15.5. The molecular weight excluding hydrogens is 414 g/mol. The highest BCUT2D eigenvalue weighted by molar-refractivity contribution is 7.99. The van der Waals surface area contributed by atoms with E-state index in [1.165, 1.54) is 22.5 Å². The third-order valence-electron chi connectivity index (χ3n) is 4.67. The largest absolute Gasteiger partial charge is 0.338 e. The number of carbonyl (C=O) groups excluding carboxylic acids is 1. The van der Waals surface area contributed by atoms with Crippen molar-refractivity contribution < 1.29 is 4.79 Å². The Balaban J connectivity index is 1.20. The number of benzene rings is 2. The summed E-state index contributed by atoms with van der Waals surface area (Å²) in [5.74, 6) is 0.609. The molecule has 0 fully saturated rings. The quantitative estimate of drug-likeness (QED) is 0.355. The highest BCUT2D eigenvalue weighted by Gasteiger charge is 2.11. The van der Waals surface area contributed by atoms with E-state index in [2.05, 4.69) is 30.6 Å². The number of hydrogen-bond donors (Lipinski definition) is 3. The lowest BCUT2D eigenvalue weighted by atomic mass is 10.2. The van der Waals surface area contributed by atoms with E-state index in [1.54, 1.807) is 12.1 Å². The number of para-hydroxylation sites is 2. The first kappa shape index (κ1) is 19.1. The number of anilines is 1. The van der Waals surface area contributed by atoms with Crippen molar-refractivity contribution in [1.82, 2.24) is 29.9 Å². The fraction of sp³-hybridized carbons (Fsp3) is 0.0952. The molecule has 0 spiro atoms. The Morgan fingerprint density at radius 2 is 1.87 bits per heavy atom. The fourth-order valence-corrected chi connectivity index (χ4v) is 3.97. The highest BCUT2D eigenvalue weighted by atomic mass is 32.2. The van der Waals surface area contributed by atoms with Gasteiger partial charge >= 0.3 is 0 Å². The molecule has 10 heteroatoms. The number of H-pyrrole nitrogens is 2. The molecule has 3 heterocycles. The second-order valence-corrected chi connectivity index (χ2v) is 7.85. The molecule has 0 aliphatic heterocycles. The van der Waals surface area contributed by atoms with Crippen LogP contribution < -0.4 is 10.9 Å². The topological polar surface area (TPSA) is 121 Å². The van der Waals surface area contributed by atoms with E-state index in [1.807, 2.05) is 42.5 Å². The van der Waals surface area contributed by atoms with Gasteiger partial charge in [-0.1, -0.05) is 48.2 Å². The average molecular weight is 431 g/mol. The molecule has 5 aromatic rings. The molecular formula is C21H17N7O2S. The Hall–Kier alpha value is -3.92. The summed E-state index contributed by atoms with van der Waals surface area (Å²) < 4.78 is 1.37. The second kappa shape index (κ2) is 8.07. The van der Waals surface area contributed by atoms with Crippen LogP contribution in [0, 0.1) is 0 Å². The lowest BCUT2D eigenvalue weighted by Crippen LogP contribution is -2.14. The summed E-state index contributed by atoms with van der Waals surface area (Å²) >= 11 is 1.35. The summed E-state index contributed by atoms with van der Waals surface area (Å²) in [6, 6.07) is 18.3. The van der Waals surface area contributed by atoms with Crippen LogP contribution in [0.4, 0.5) is 5.82 Å². The van der Waals surface area contributed by atoms with Crippen LogP contribution in [0.1, 0.15) is 6.42 Å². The molecule has 154 valence electrons. The van der Waals surface area contributed by atoms with Gasteiger partial charge in [0.2, 0.25) is 11.1 Å². The number of nitrogens with one attached hydrogen (secondary N) is 3. The first-order valence-electron chi connectivity index (χ1n) is 9.59. The van der Waals surface area contributed by atoms with Crippen molar-refractivity contribution in [3.8, 4) is 5.69 Å². The average Bonchev–Trinajstić information content (AvgIpc) is 3.33. The summed E-state index contributed by atoms with van der Waals surface area (Å²) in [6.45, 7) is 0. The highest BCUT2D eigenvalue weighted by Crippen LogP contribution is 2.23. The minimum atomic E-state index is -0.248. The maximum absolute atomic E-state index is 12.3. The third-order valence-corrected chi connectivity index (χ3v) is 5.51. The van der Waals surface area contributed by atoms with Crippen molar-refractivity contribution in [3.05, 3.63) is 71.0 Å². The molecule has 0 atom stereocenters. The van der Waals surface area contributed by atoms with Gasteiger partial charge < -0.3 is 10.3 Å². The smallest absolute Gasteiger partial charge is 0.273 e. The number of rotatable bonds is 6. The Bertz CT molecular complexity index is 1440. The van der Waals surface area contributed by atoms with Crippen molar-refractivity contribution in [2.45, 2.75) is 11.6 Å². The van der Waals surface area contributed by atoms with Crippen molar-refractivity contribution >= 4 is 45.6 Å². The number of aromatic nitrogens is 6. The van der Waals surface area contributed by atoms with Gasteiger partial charge in [0.1, 0.15) is 11.3 Å².